The van der Waals surface area contributed by atoms with Gasteiger partial charge >= 0.3 is 0 Å². The van der Waals surface area contributed by atoms with E-state index in [1.807, 2.05) is 36.4 Å². The zero-order valence-corrected chi connectivity index (χ0v) is 13.4. The summed E-state index contributed by atoms with van der Waals surface area (Å²) < 4.78 is 5.13. The fraction of sp³-hybridized carbons (Fsp3) is 0.316. The highest BCUT2D eigenvalue weighted by Gasteiger charge is 2.10. The number of rotatable bonds is 8. The third kappa shape index (κ3) is 5.75. The molecule has 0 aliphatic heterocycles. The zero-order chi connectivity index (χ0) is 16.5. The third-order valence-corrected chi connectivity index (χ3v) is 3.68. The number of hydrogen-bond donors (Lipinski definition) is 2. The quantitative estimate of drug-likeness (QED) is 0.788. The van der Waals surface area contributed by atoms with E-state index in [1.165, 1.54) is 5.56 Å². The Morgan fingerprint density at radius 3 is 2.70 bits per heavy atom. The molecule has 122 valence electrons. The van der Waals surface area contributed by atoms with Gasteiger partial charge in [-0.05, 0) is 36.1 Å². The van der Waals surface area contributed by atoms with Crippen molar-refractivity contribution in [2.24, 2.45) is 0 Å². The summed E-state index contributed by atoms with van der Waals surface area (Å²) in [5.41, 5.74) is 1.96. The number of carbonyl (C=O) groups excluding carboxylic acids is 1. The van der Waals surface area contributed by atoms with Crippen molar-refractivity contribution >= 4 is 5.91 Å². The zero-order valence-electron chi connectivity index (χ0n) is 13.4. The highest BCUT2D eigenvalue weighted by Crippen LogP contribution is 2.18. The molecule has 0 saturated carbocycles. The van der Waals surface area contributed by atoms with E-state index in [9.17, 15) is 9.90 Å². The molecule has 2 rings (SSSR count). The maximum absolute atomic E-state index is 11.8. The van der Waals surface area contributed by atoms with E-state index in [0.29, 0.717) is 12.2 Å². The minimum Gasteiger partial charge on any atom is -0.497 e. The molecule has 1 atom stereocenters. The van der Waals surface area contributed by atoms with Crippen LogP contribution in [-0.2, 0) is 11.2 Å². The summed E-state index contributed by atoms with van der Waals surface area (Å²) in [6.07, 6.45) is 1.40. The van der Waals surface area contributed by atoms with Gasteiger partial charge in [-0.1, -0.05) is 42.5 Å². The van der Waals surface area contributed by atoms with Gasteiger partial charge in [-0.25, -0.2) is 0 Å². The smallest absolute Gasteiger partial charge is 0.220 e. The van der Waals surface area contributed by atoms with Crippen molar-refractivity contribution in [3.63, 3.8) is 0 Å². The Labute approximate surface area is 137 Å². The number of ether oxygens (including phenoxy) is 1. The topological polar surface area (TPSA) is 58.6 Å². The molecule has 2 N–H and O–H groups in total. The Balaban J connectivity index is 1.71. The number of aliphatic hydroxyl groups excluding tert-OH is 1. The lowest BCUT2D eigenvalue weighted by atomic mass is 10.1. The van der Waals surface area contributed by atoms with E-state index >= 15 is 0 Å². The Bertz CT molecular complexity index is 613. The molecule has 0 radical (unpaired) electrons. The van der Waals surface area contributed by atoms with Gasteiger partial charge in [-0.3, -0.25) is 4.79 Å². The lowest BCUT2D eigenvalue weighted by Gasteiger charge is -2.13. The predicted molar refractivity (Wildman–Crippen MR) is 90.3 cm³/mol. The van der Waals surface area contributed by atoms with E-state index in [2.05, 4.69) is 17.4 Å². The van der Waals surface area contributed by atoms with Crippen molar-refractivity contribution in [2.75, 3.05) is 13.7 Å². The minimum atomic E-state index is -0.733. The van der Waals surface area contributed by atoms with Crippen LogP contribution in [0.15, 0.2) is 54.6 Å². The average molecular weight is 313 g/mol. The number of nitrogens with one attached hydrogen (secondary N) is 1. The Morgan fingerprint density at radius 1 is 1.17 bits per heavy atom. The number of methoxy groups -OCH3 is 1. The molecule has 0 aromatic heterocycles. The third-order valence-electron chi connectivity index (χ3n) is 3.68. The second kappa shape index (κ2) is 8.96. The molecular formula is C19H23NO3. The maximum atomic E-state index is 11.8. The Hall–Kier alpha value is -2.33. The van der Waals surface area contributed by atoms with Gasteiger partial charge < -0.3 is 15.2 Å². The van der Waals surface area contributed by atoms with Gasteiger partial charge in [-0.2, -0.15) is 0 Å². The number of hydrogen-bond acceptors (Lipinski definition) is 3. The summed E-state index contributed by atoms with van der Waals surface area (Å²) >= 11 is 0. The molecule has 0 aliphatic carbocycles. The number of benzene rings is 2. The van der Waals surface area contributed by atoms with Crippen molar-refractivity contribution in [1.29, 1.82) is 0 Å². The molecule has 0 spiro atoms. The molecule has 0 saturated heterocycles. The summed E-state index contributed by atoms with van der Waals surface area (Å²) in [5, 5.41) is 12.9. The molecule has 2 aromatic rings. The normalized spacial score (nSPS) is 11.7. The molecule has 0 heterocycles. The second-order valence-corrected chi connectivity index (χ2v) is 5.44. The summed E-state index contributed by atoms with van der Waals surface area (Å²) in [7, 11) is 1.58. The lowest BCUT2D eigenvalue weighted by Crippen LogP contribution is -2.28. The molecule has 4 heteroatoms. The van der Waals surface area contributed by atoms with Crippen LogP contribution < -0.4 is 10.1 Å². The lowest BCUT2D eigenvalue weighted by molar-refractivity contribution is -0.121. The molecule has 2 aromatic carbocycles. The molecule has 0 fully saturated rings. The van der Waals surface area contributed by atoms with Gasteiger partial charge in [0.15, 0.2) is 0 Å². The number of amides is 1. The van der Waals surface area contributed by atoms with Gasteiger partial charge in [0.1, 0.15) is 5.75 Å². The predicted octanol–water partition coefficient (Wildman–Crippen LogP) is 2.87. The van der Waals surface area contributed by atoms with Gasteiger partial charge in [0.25, 0.3) is 0 Å². The first kappa shape index (κ1) is 17.0. The average Bonchev–Trinajstić information content (AvgIpc) is 2.60. The van der Waals surface area contributed by atoms with Crippen molar-refractivity contribution in [3.05, 3.63) is 65.7 Å². The van der Waals surface area contributed by atoms with E-state index in [1.54, 1.807) is 13.2 Å². The first-order valence-corrected chi connectivity index (χ1v) is 7.81. The van der Waals surface area contributed by atoms with E-state index in [-0.39, 0.29) is 12.5 Å². The fourth-order valence-electron chi connectivity index (χ4n) is 2.36. The van der Waals surface area contributed by atoms with Crippen molar-refractivity contribution < 1.29 is 14.6 Å². The van der Waals surface area contributed by atoms with Crippen molar-refractivity contribution in [2.45, 2.75) is 25.4 Å². The SMILES string of the molecule is COc1cccc(C(O)CNC(=O)CCCc2ccccc2)c1. The molecule has 0 aliphatic rings. The van der Waals surface area contributed by atoms with Crippen LogP contribution in [0.25, 0.3) is 0 Å². The van der Waals surface area contributed by atoms with Crippen LogP contribution in [0, 0.1) is 0 Å². The minimum absolute atomic E-state index is 0.0390. The van der Waals surface area contributed by atoms with Gasteiger partial charge in [0.2, 0.25) is 5.91 Å². The molecule has 1 amide bonds. The van der Waals surface area contributed by atoms with Crippen LogP contribution >= 0.6 is 0 Å². The van der Waals surface area contributed by atoms with Crippen molar-refractivity contribution in [3.8, 4) is 5.75 Å². The largest absolute Gasteiger partial charge is 0.497 e. The van der Waals surface area contributed by atoms with Crippen LogP contribution in [-0.4, -0.2) is 24.7 Å². The standard InChI is InChI=1S/C19H23NO3/c1-23-17-11-6-10-16(13-17)18(21)14-20-19(22)12-5-9-15-7-3-2-4-8-15/h2-4,6-8,10-11,13,18,21H,5,9,12,14H2,1H3,(H,20,22). The van der Waals surface area contributed by atoms with Crippen LogP contribution in [0.1, 0.15) is 30.1 Å². The van der Waals surface area contributed by atoms with Crippen molar-refractivity contribution in [1.82, 2.24) is 5.32 Å². The van der Waals surface area contributed by atoms with Crippen LogP contribution in [0.2, 0.25) is 0 Å². The Morgan fingerprint density at radius 2 is 1.96 bits per heavy atom. The van der Waals surface area contributed by atoms with Gasteiger partial charge in [0, 0.05) is 13.0 Å². The molecule has 23 heavy (non-hydrogen) atoms. The van der Waals surface area contributed by atoms with Gasteiger partial charge in [-0.15, -0.1) is 0 Å². The molecule has 0 bridgehead atoms. The van der Waals surface area contributed by atoms with Crippen LogP contribution in [0.5, 0.6) is 5.75 Å². The number of aryl methyl sites for hydroxylation is 1. The highest BCUT2D eigenvalue weighted by atomic mass is 16.5. The highest BCUT2D eigenvalue weighted by molar-refractivity contribution is 5.75. The number of aliphatic hydroxyl groups is 1. The first-order chi connectivity index (χ1) is 11.2. The van der Waals surface area contributed by atoms with Crippen LogP contribution in [0.4, 0.5) is 0 Å². The first-order valence-electron chi connectivity index (χ1n) is 7.81. The molecule has 4 nitrogen and oxygen atoms in total. The summed E-state index contributed by atoms with van der Waals surface area (Å²) in [6.45, 7) is 0.206. The number of carbonyl (C=O) groups is 1. The maximum Gasteiger partial charge on any atom is 0.220 e. The Kier molecular flexibility index (Phi) is 6.63. The summed E-state index contributed by atoms with van der Waals surface area (Å²) in [6, 6.07) is 17.3. The fourth-order valence-corrected chi connectivity index (χ4v) is 2.36. The second-order valence-electron chi connectivity index (χ2n) is 5.44. The van der Waals surface area contributed by atoms with Gasteiger partial charge in [0.05, 0.1) is 13.2 Å². The summed E-state index contributed by atoms with van der Waals surface area (Å²) in [4.78, 5) is 11.8. The van der Waals surface area contributed by atoms with E-state index < -0.39 is 6.10 Å². The molecular weight excluding hydrogens is 290 g/mol. The van der Waals surface area contributed by atoms with E-state index in [4.69, 9.17) is 4.74 Å². The van der Waals surface area contributed by atoms with Crippen LogP contribution in [0.3, 0.4) is 0 Å². The monoisotopic (exact) mass is 313 g/mol. The van der Waals surface area contributed by atoms with E-state index in [0.717, 1.165) is 18.4 Å². The molecule has 1 unspecified atom stereocenters. The summed E-state index contributed by atoms with van der Waals surface area (Å²) in [5.74, 6) is 0.651.